The van der Waals surface area contributed by atoms with Crippen LogP contribution in [0.3, 0.4) is 0 Å². The molecular weight excluding hydrogens is 444 g/mol. The first kappa shape index (κ1) is 22.8. The first-order chi connectivity index (χ1) is 17.1. The van der Waals surface area contributed by atoms with Crippen LogP contribution in [0.1, 0.15) is 22.3 Å². The van der Waals surface area contributed by atoms with E-state index >= 15 is 0 Å². The van der Waals surface area contributed by atoms with Gasteiger partial charge >= 0.3 is 0 Å². The number of likely N-dealkylation sites (tertiary alicyclic amines) is 1. The first-order valence-electron chi connectivity index (χ1n) is 11.7. The molecule has 3 aromatic rings. The zero-order valence-corrected chi connectivity index (χ0v) is 19.1. The number of carbonyl (C=O) groups excluding carboxylic acids is 3. The molecule has 7 heteroatoms. The summed E-state index contributed by atoms with van der Waals surface area (Å²) in [5, 5.41) is 2.91. The van der Waals surface area contributed by atoms with E-state index in [1.165, 1.54) is 0 Å². The Hall–Kier alpha value is -3.97. The van der Waals surface area contributed by atoms with Gasteiger partial charge in [0.15, 0.2) is 5.78 Å². The van der Waals surface area contributed by atoms with Gasteiger partial charge in [0.2, 0.25) is 5.91 Å². The molecule has 3 unspecified atom stereocenters. The third-order valence-corrected chi connectivity index (χ3v) is 6.36. The van der Waals surface area contributed by atoms with E-state index in [2.05, 4.69) is 5.32 Å². The van der Waals surface area contributed by atoms with E-state index < -0.39 is 12.1 Å². The first-order valence-corrected chi connectivity index (χ1v) is 11.7. The Morgan fingerprint density at radius 1 is 0.971 bits per heavy atom. The van der Waals surface area contributed by atoms with E-state index in [1.54, 1.807) is 29.2 Å². The van der Waals surface area contributed by atoms with Crippen molar-refractivity contribution in [3.05, 3.63) is 96.1 Å². The third-order valence-electron chi connectivity index (χ3n) is 6.36. The van der Waals surface area contributed by atoms with Crippen LogP contribution in [0.4, 0.5) is 0 Å². The van der Waals surface area contributed by atoms with Crippen LogP contribution in [0.15, 0.2) is 84.9 Å². The van der Waals surface area contributed by atoms with E-state index in [4.69, 9.17) is 9.47 Å². The van der Waals surface area contributed by atoms with Crippen LogP contribution in [0, 0.1) is 0 Å². The fourth-order valence-corrected chi connectivity index (χ4v) is 4.66. The van der Waals surface area contributed by atoms with E-state index in [-0.39, 0.29) is 30.3 Å². The molecule has 2 saturated heterocycles. The van der Waals surface area contributed by atoms with Crippen LogP contribution in [0.25, 0.3) is 0 Å². The molecule has 0 aliphatic carbocycles. The number of nitrogens with one attached hydrogen (secondary N) is 1. The maximum Gasteiger partial charge on any atom is 0.252 e. The second-order valence-corrected chi connectivity index (χ2v) is 8.74. The fourth-order valence-electron chi connectivity index (χ4n) is 4.66. The number of hydrogen-bond acceptors (Lipinski definition) is 5. The summed E-state index contributed by atoms with van der Waals surface area (Å²) in [4.78, 5) is 40.8. The molecule has 35 heavy (non-hydrogen) atoms. The van der Waals surface area contributed by atoms with Crippen LogP contribution in [0.5, 0.6) is 11.5 Å². The van der Waals surface area contributed by atoms with Gasteiger partial charge in [-0.05, 0) is 42.3 Å². The van der Waals surface area contributed by atoms with Crippen molar-refractivity contribution in [2.45, 2.75) is 31.0 Å². The summed E-state index contributed by atoms with van der Waals surface area (Å²) in [6.45, 7) is 0.463. The van der Waals surface area contributed by atoms with Gasteiger partial charge in [0.1, 0.15) is 30.2 Å². The predicted octanol–water partition coefficient (Wildman–Crippen LogP) is 3.39. The molecule has 2 fully saturated rings. The number of hydrogen-bond donors (Lipinski definition) is 1. The topological polar surface area (TPSA) is 84.9 Å². The Morgan fingerprint density at radius 2 is 1.69 bits per heavy atom. The summed E-state index contributed by atoms with van der Waals surface area (Å²) in [7, 11) is 0. The van der Waals surface area contributed by atoms with Gasteiger partial charge in [-0.1, -0.05) is 54.6 Å². The summed E-state index contributed by atoms with van der Waals surface area (Å²) in [5.41, 5.74) is 1.29. The number of Topliss-reactive ketones (excluding diaryl/α,β-unsaturated/α-hetero) is 1. The largest absolute Gasteiger partial charge is 0.457 e. The van der Waals surface area contributed by atoms with Gasteiger partial charge in [-0.25, -0.2) is 0 Å². The highest BCUT2D eigenvalue weighted by Gasteiger charge is 2.48. The molecule has 3 aromatic carbocycles. The quantitative estimate of drug-likeness (QED) is 0.572. The molecule has 7 nitrogen and oxygen atoms in total. The predicted molar refractivity (Wildman–Crippen MR) is 129 cm³/mol. The molecule has 178 valence electrons. The van der Waals surface area contributed by atoms with Crippen molar-refractivity contribution in [2.75, 3.05) is 13.2 Å². The van der Waals surface area contributed by atoms with Gasteiger partial charge in [0.05, 0.1) is 6.10 Å². The molecule has 3 atom stereocenters. The fraction of sp³-hybridized carbons (Fsp3) is 0.250. The van der Waals surface area contributed by atoms with Crippen LogP contribution >= 0.6 is 0 Å². The van der Waals surface area contributed by atoms with Crippen LogP contribution in [-0.4, -0.2) is 53.8 Å². The SMILES string of the molecule is O=C(NC(Cc1ccccc1)C(=O)N1CCC2OCC(=O)C21)c1cccc(Oc2ccccc2)c1. The molecule has 2 amide bonds. The number of ether oxygens (including phenoxy) is 2. The van der Waals surface area contributed by atoms with E-state index in [0.717, 1.165) is 5.56 Å². The monoisotopic (exact) mass is 470 g/mol. The molecule has 2 aliphatic rings. The number of rotatable bonds is 7. The Balaban J connectivity index is 1.35. The second-order valence-electron chi connectivity index (χ2n) is 8.74. The van der Waals surface area contributed by atoms with Crippen molar-refractivity contribution in [1.82, 2.24) is 10.2 Å². The molecule has 0 radical (unpaired) electrons. The number of benzene rings is 3. The minimum Gasteiger partial charge on any atom is -0.457 e. The normalized spacial score (nSPS) is 19.8. The number of nitrogens with zero attached hydrogens (tertiary/aromatic N) is 1. The van der Waals surface area contributed by atoms with Gasteiger partial charge in [-0.3, -0.25) is 14.4 Å². The standard InChI is InChI=1S/C28H26N2O5/c31-24-18-34-25-14-15-30(26(24)25)28(33)23(16-19-8-3-1-4-9-19)29-27(32)20-10-7-13-22(17-20)35-21-11-5-2-6-12-21/h1-13,17,23,25-26H,14-16,18H2,(H,29,32). The second kappa shape index (κ2) is 10.1. The van der Waals surface area contributed by atoms with Gasteiger partial charge in [0, 0.05) is 18.5 Å². The molecule has 0 aromatic heterocycles. The third kappa shape index (κ3) is 5.10. The Morgan fingerprint density at radius 3 is 2.46 bits per heavy atom. The Bertz CT molecular complexity index is 1210. The van der Waals surface area contributed by atoms with E-state index in [1.807, 2.05) is 60.7 Å². The molecular formula is C28H26N2O5. The zero-order chi connectivity index (χ0) is 24.2. The van der Waals surface area contributed by atoms with E-state index in [0.29, 0.717) is 36.4 Å². The van der Waals surface area contributed by atoms with Crippen LogP contribution in [0.2, 0.25) is 0 Å². The van der Waals surface area contributed by atoms with Gasteiger partial charge in [0.25, 0.3) is 5.91 Å². The van der Waals surface area contributed by atoms with Gasteiger partial charge in [-0.2, -0.15) is 0 Å². The van der Waals surface area contributed by atoms with Crippen molar-refractivity contribution in [2.24, 2.45) is 0 Å². The average Bonchev–Trinajstić information content (AvgIpc) is 3.47. The Labute approximate surface area is 203 Å². The van der Waals surface area contributed by atoms with Crippen LogP contribution < -0.4 is 10.1 Å². The summed E-state index contributed by atoms with van der Waals surface area (Å²) >= 11 is 0. The molecule has 0 spiro atoms. The highest BCUT2D eigenvalue weighted by Crippen LogP contribution is 2.28. The number of ketones is 1. The molecule has 0 saturated carbocycles. The molecule has 0 bridgehead atoms. The summed E-state index contributed by atoms with van der Waals surface area (Å²) in [6, 6.07) is 24.3. The minimum absolute atomic E-state index is 0.0308. The molecule has 1 N–H and O–H groups in total. The highest BCUT2D eigenvalue weighted by atomic mass is 16.5. The number of fused-ring (bicyclic) bond motifs is 1. The van der Waals surface area contributed by atoms with Crippen LogP contribution in [-0.2, 0) is 20.7 Å². The average molecular weight is 471 g/mol. The van der Waals surface area contributed by atoms with Crippen molar-refractivity contribution >= 4 is 17.6 Å². The molecule has 5 rings (SSSR count). The van der Waals surface area contributed by atoms with Gasteiger partial charge in [-0.15, -0.1) is 0 Å². The minimum atomic E-state index is -0.823. The lowest BCUT2D eigenvalue weighted by Gasteiger charge is -2.27. The summed E-state index contributed by atoms with van der Waals surface area (Å²) in [6.07, 6.45) is 0.674. The van der Waals surface area contributed by atoms with Crippen molar-refractivity contribution in [3.63, 3.8) is 0 Å². The number of amides is 2. The lowest BCUT2D eigenvalue weighted by molar-refractivity contribution is -0.138. The summed E-state index contributed by atoms with van der Waals surface area (Å²) < 4.78 is 11.4. The number of para-hydroxylation sites is 1. The van der Waals surface area contributed by atoms with Crippen molar-refractivity contribution in [1.29, 1.82) is 0 Å². The highest BCUT2D eigenvalue weighted by molar-refractivity contribution is 5.99. The lowest BCUT2D eigenvalue weighted by atomic mass is 10.0. The number of carbonyl (C=O) groups is 3. The van der Waals surface area contributed by atoms with E-state index in [9.17, 15) is 14.4 Å². The van der Waals surface area contributed by atoms with Gasteiger partial charge < -0.3 is 19.7 Å². The smallest absolute Gasteiger partial charge is 0.252 e. The maximum absolute atomic E-state index is 13.6. The van der Waals surface area contributed by atoms with Crippen molar-refractivity contribution in [3.8, 4) is 11.5 Å². The van der Waals surface area contributed by atoms with Crippen molar-refractivity contribution < 1.29 is 23.9 Å². The molecule has 2 heterocycles. The Kier molecular flexibility index (Phi) is 6.59. The maximum atomic E-state index is 13.6. The summed E-state index contributed by atoms with van der Waals surface area (Å²) in [5.74, 6) is 0.435. The lowest BCUT2D eigenvalue weighted by Crippen LogP contribution is -2.53. The molecule has 2 aliphatic heterocycles. The zero-order valence-electron chi connectivity index (χ0n) is 19.1.